The predicted molar refractivity (Wildman–Crippen MR) is 68.7 cm³/mol. The van der Waals surface area contributed by atoms with Crippen LogP contribution in [0.3, 0.4) is 0 Å². The van der Waals surface area contributed by atoms with Gasteiger partial charge in [-0.25, -0.2) is 12.8 Å². The molecule has 1 amide bonds. The maximum Gasteiger partial charge on any atom is 0.254 e. The Morgan fingerprint density at radius 2 is 1.89 bits per heavy atom. The number of amides is 1. The number of rotatable bonds is 1. The van der Waals surface area contributed by atoms with E-state index < -0.39 is 15.7 Å². The van der Waals surface area contributed by atoms with Crippen molar-refractivity contribution in [2.75, 3.05) is 24.6 Å². The molecule has 0 saturated carbocycles. The van der Waals surface area contributed by atoms with Crippen molar-refractivity contribution >= 4 is 31.7 Å². The smallest absolute Gasteiger partial charge is 0.254 e. The van der Waals surface area contributed by atoms with Gasteiger partial charge in [0.25, 0.3) is 5.91 Å². The van der Waals surface area contributed by atoms with Crippen LogP contribution in [-0.4, -0.2) is 43.8 Å². The lowest BCUT2D eigenvalue weighted by Gasteiger charge is -2.26. The van der Waals surface area contributed by atoms with Crippen molar-refractivity contribution in [1.29, 1.82) is 0 Å². The Kier molecular flexibility index (Phi) is 3.72. The first-order chi connectivity index (χ1) is 8.39. The summed E-state index contributed by atoms with van der Waals surface area (Å²) in [6.45, 7) is 0.331. The van der Waals surface area contributed by atoms with Crippen LogP contribution in [0.15, 0.2) is 22.7 Å². The van der Waals surface area contributed by atoms with E-state index in [1.807, 2.05) is 0 Å². The van der Waals surface area contributed by atoms with Gasteiger partial charge in [0.05, 0.1) is 16.0 Å². The maximum absolute atomic E-state index is 13.3. The molecule has 1 aliphatic rings. The molecule has 1 aromatic rings. The standard InChI is InChI=1S/C11H11BrFNO3S/c12-9-2-1-8(7-10(9)13)11(15)14-3-5-18(16,17)6-4-14/h1-2,7H,3-6H2. The molecule has 1 saturated heterocycles. The molecule has 18 heavy (non-hydrogen) atoms. The summed E-state index contributed by atoms with van der Waals surface area (Å²) >= 11 is 3.01. The zero-order valence-electron chi connectivity index (χ0n) is 9.40. The number of hydrogen-bond donors (Lipinski definition) is 0. The number of nitrogens with zero attached hydrogens (tertiary/aromatic N) is 1. The summed E-state index contributed by atoms with van der Waals surface area (Å²) < 4.78 is 36.1. The third-order valence-electron chi connectivity index (χ3n) is 2.80. The molecule has 2 rings (SSSR count). The molecule has 4 nitrogen and oxygen atoms in total. The van der Waals surface area contributed by atoms with Crippen LogP contribution in [0.5, 0.6) is 0 Å². The van der Waals surface area contributed by atoms with Gasteiger partial charge in [-0.15, -0.1) is 0 Å². The van der Waals surface area contributed by atoms with E-state index >= 15 is 0 Å². The molecule has 98 valence electrons. The minimum atomic E-state index is -3.02. The second kappa shape index (κ2) is 4.97. The highest BCUT2D eigenvalue weighted by Gasteiger charge is 2.25. The van der Waals surface area contributed by atoms with E-state index in [1.165, 1.54) is 17.0 Å². The number of sulfone groups is 1. The molecule has 1 aliphatic heterocycles. The highest BCUT2D eigenvalue weighted by atomic mass is 79.9. The third-order valence-corrected chi connectivity index (χ3v) is 5.05. The first-order valence-electron chi connectivity index (χ1n) is 5.34. The first-order valence-corrected chi connectivity index (χ1v) is 7.95. The van der Waals surface area contributed by atoms with Gasteiger partial charge < -0.3 is 4.90 Å². The average molecular weight is 336 g/mol. The lowest BCUT2D eigenvalue weighted by atomic mass is 10.2. The number of carbonyl (C=O) groups is 1. The van der Waals surface area contributed by atoms with Crippen molar-refractivity contribution in [2.24, 2.45) is 0 Å². The van der Waals surface area contributed by atoms with Crippen molar-refractivity contribution in [3.8, 4) is 0 Å². The fourth-order valence-corrected chi connectivity index (χ4v) is 3.18. The Labute approximate surface area is 113 Å². The molecular weight excluding hydrogens is 325 g/mol. The van der Waals surface area contributed by atoms with Crippen molar-refractivity contribution in [2.45, 2.75) is 0 Å². The summed E-state index contributed by atoms with van der Waals surface area (Å²) in [6, 6.07) is 4.12. The van der Waals surface area contributed by atoms with E-state index in [1.54, 1.807) is 0 Å². The number of benzene rings is 1. The SMILES string of the molecule is O=C(c1ccc(Br)c(F)c1)N1CCS(=O)(=O)CC1. The molecule has 0 bridgehead atoms. The lowest BCUT2D eigenvalue weighted by molar-refractivity contribution is 0.0769. The van der Waals surface area contributed by atoms with Gasteiger partial charge in [-0.05, 0) is 34.1 Å². The number of hydrogen-bond acceptors (Lipinski definition) is 3. The average Bonchev–Trinajstić information content (AvgIpc) is 2.32. The molecule has 0 spiro atoms. The van der Waals surface area contributed by atoms with E-state index in [0.29, 0.717) is 4.47 Å². The topological polar surface area (TPSA) is 54.5 Å². The fourth-order valence-electron chi connectivity index (χ4n) is 1.73. The molecular formula is C11H11BrFNO3S. The summed E-state index contributed by atoms with van der Waals surface area (Å²) in [5, 5.41) is 0. The fraction of sp³-hybridized carbons (Fsp3) is 0.364. The summed E-state index contributed by atoms with van der Waals surface area (Å²) in [5.74, 6) is -0.906. The van der Waals surface area contributed by atoms with Gasteiger partial charge in [0.15, 0.2) is 9.84 Å². The van der Waals surface area contributed by atoms with E-state index in [2.05, 4.69) is 15.9 Å². The molecule has 0 N–H and O–H groups in total. The molecule has 1 heterocycles. The normalized spacial score (nSPS) is 18.7. The summed E-state index contributed by atoms with van der Waals surface area (Å²) in [6.07, 6.45) is 0. The van der Waals surface area contributed by atoms with Crippen molar-refractivity contribution in [1.82, 2.24) is 4.90 Å². The van der Waals surface area contributed by atoms with Crippen LogP contribution in [0.2, 0.25) is 0 Å². The lowest BCUT2D eigenvalue weighted by Crippen LogP contribution is -2.43. The Morgan fingerprint density at radius 3 is 2.44 bits per heavy atom. The third kappa shape index (κ3) is 2.89. The quantitative estimate of drug-likeness (QED) is 0.780. The van der Waals surface area contributed by atoms with Crippen LogP contribution in [0.25, 0.3) is 0 Å². The Balaban J connectivity index is 2.15. The van der Waals surface area contributed by atoms with Gasteiger partial charge in [0, 0.05) is 18.7 Å². The van der Waals surface area contributed by atoms with Gasteiger partial charge in [-0.3, -0.25) is 4.79 Å². The van der Waals surface area contributed by atoms with E-state index in [-0.39, 0.29) is 36.1 Å². The van der Waals surface area contributed by atoms with Gasteiger partial charge in [-0.1, -0.05) is 0 Å². The van der Waals surface area contributed by atoms with Gasteiger partial charge in [-0.2, -0.15) is 0 Å². The summed E-state index contributed by atoms with van der Waals surface area (Å²) in [5.41, 5.74) is 0.231. The van der Waals surface area contributed by atoms with E-state index in [0.717, 1.165) is 6.07 Å². The van der Waals surface area contributed by atoms with Crippen LogP contribution in [-0.2, 0) is 9.84 Å². The van der Waals surface area contributed by atoms with Crippen LogP contribution in [0.1, 0.15) is 10.4 Å². The maximum atomic E-state index is 13.3. The Bertz CT molecular complexity index is 574. The van der Waals surface area contributed by atoms with Crippen molar-refractivity contribution in [3.63, 3.8) is 0 Å². The Morgan fingerprint density at radius 1 is 1.28 bits per heavy atom. The van der Waals surface area contributed by atoms with Gasteiger partial charge in [0.1, 0.15) is 5.82 Å². The molecule has 0 unspecified atom stereocenters. The molecule has 1 fully saturated rings. The van der Waals surface area contributed by atoms with Crippen LogP contribution in [0.4, 0.5) is 4.39 Å². The predicted octanol–water partition coefficient (Wildman–Crippen LogP) is 1.46. The van der Waals surface area contributed by atoms with Crippen LogP contribution in [0, 0.1) is 5.82 Å². The second-order valence-corrected chi connectivity index (χ2v) is 7.23. The highest BCUT2D eigenvalue weighted by molar-refractivity contribution is 9.10. The molecule has 0 aromatic heterocycles. The van der Waals surface area contributed by atoms with Crippen molar-refractivity contribution in [3.05, 3.63) is 34.1 Å². The molecule has 1 aromatic carbocycles. The van der Waals surface area contributed by atoms with Gasteiger partial charge in [0.2, 0.25) is 0 Å². The Hall–Kier alpha value is -0.950. The van der Waals surface area contributed by atoms with Crippen LogP contribution >= 0.6 is 15.9 Å². The zero-order valence-corrected chi connectivity index (χ0v) is 11.8. The first kappa shape index (κ1) is 13.5. The van der Waals surface area contributed by atoms with Gasteiger partial charge >= 0.3 is 0 Å². The van der Waals surface area contributed by atoms with Crippen molar-refractivity contribution < 1.29 is 17.6 Å². The van der Waals surface area contributed by atoms with E-state index in [9.17, 15) is 17.6 Å². The number of carbonyl (C=O) groups excluding carboxylic acids is 1. The zero-order chi connectivity index (χ0) is 13.3. The number of halogens is 2. The van der Waals surface area contributed by atoms with E-state index in [4.69, 9.17) is 0 Å². The highest BCUT2D eigenvalue weighted by Crippen LogP contribution is 2.18. The molecule has 0 atom stereocenters. The molecule has 7 heteroatoms. The second-order valence-electron chi connectivity index (χ2n) is 4.07. The molecule has 0 aliphatic carbocycles. The minimum Gasteiger partial charge on any atom is -0.337 e. The van der Waals surface area contributed by atoms with Crippen LogP contribution < -0.4 is 0 Å². The summed E-state index contributed by atoms with van der Waals surface area (Å²) in [7, 11) is -3.02. The largest absolute Gasteiger partial charge is 0.337 e. The minimum absolute atomic E-state index is 0.0300. The molecule has 0 radical (unpaired) electrons. The monoisotopic (exact) mass is 335 g/mol. The summed E-state index contributed by atoms with van der Waals surface area (Å²) in [4.78, 5) is 13.5.